The lowest BCUT2D eigenvalue weighted by Crippen LogP contribution is -2.51. The number of hydrogen-bond acceptors (Lipinski definition) is 6. The van der Waals surface area contributed by atoms with Gasteiger partial charge in [0.2, 0.25) is 5.91 Å². The fourth-order valence-corrected chi connectivity index (χ4v) is 2.95. The first kappa shape index (κ1) is 17.5. The van der Waals surface area contributed by atoms with Crippen molar-refractivity contribution in [2.45, 2.75) is 19.4 Å². The van der Waals surface area contributed by atoms with Crippen LogP contribution in [0.4, 0.5) is 0 Å². The van der Waals surface area contributed by atoms with E-state index >= 15 is 0 Å². The van der Waals surface area contributed by atoms with Gasteiger partial charge in [-0.25, -0.2) is 4.68 Å². The average Bonchev–Trinajstić information content (AvgIpc) is 3.15. The SMILES string of the molecule is C[C@@H](CNC(=O)Cc1ccc(-n2cnnn2)cc1)N1CCN(C)CC1. The van der Waals surface area contributed by atoms with Crippen LogP contribution in [0.1, 0.15) is 12.5 Å². The molecule has 0 spiro atoms. The molecule has 1 aliphatic rings. The summed E-state index contributed by atoms with van der Waals surface area (Å²) in [6.07, 6.45) is 1.92. The molecule has 1 saturated heterocycles. The first-order valence-corrected chi connectivity index (χ1v) is 8.63. The minimum Gasteiger partial charge on any atom is -0.354 e. The Morgan fingerprint density at radius 3 is 2.56 bits per heavy atom. The highest BCUT2D eigenvalue weighted by molar-refractivity contribution is 5.78. The topological polar surface area (TPSA) is 79.2 Å². The van der Waals surface area contributed by atoms with Crippen molar-refractivity contribution in [3.05, 3.63) is 36.2 Å². The number of rotatable bonds is 6. The molecule has 0 saturated carbocycles. The molecule has 134 valence electrons. The Hall–Kier alpha value is -2.32. The van der Waals surface area contributed by atoms with Gasteiger partial charge in [0.1, 0.15) is 6.33 Å². The van der Waals surface area contributed by atoms with Crippen LogP contribution in [0.5, 0.6) is 0 Å². The maximum absolute atomic E-state index is 12.2. The molecular formula is C17H25N7O. The third-order valence-electron chi connectivity index (χ3n) is 4.67. The summed E-state index contributed by atoms with van der Waals surface area (Å²) >= 11 is 0. The molecule has 2 aromatic rings. The van der Waals surface area contributed by atoms with Crippen molar-refractivity contribution in [1.29, 1.82) is 0 Å². The van der Waals surface area contributed by atoms with Crippen molar-refractivity contribution < 1.29 is 4.79 Å². The third-order valence-corrected chi connectivity index (χ3v) is 4.67. The van der Waals surface area contributed by atoms with Gasteiger partial charge in [0.15, 0.2) is 0 Å². The van der Waals surface area contributed by atoms with Crippen LogP contribution in [-0.2, 0) is 11.2 Å². The zero-order valence-corrected chi connectivity index (χ0v) is 14.8. The van der Waals surface area contributed by atoms with E-state index in [9.17, 15) is 4.79 Å². The summed E-state index contributed by atoms with van der Waals surface area (Å²) in [4.78, 5) is 17.0. The van der Waals surface area contributed by atoms with Crippen molar-refractivity contribution >= 4 is 5.91 Å². The number of carbonyl (C=O) groups excluding carboxylic acids is 1. The number of amides is 1. The lowest BCUT2D eigenvalue weighted by Gasteiger charge is -2.36. The highest BCUT2D eigenvalue weighted by atomic mass is 16.1. The van der Waals surface area contributed by atoms with Gasteiger partial charge >= 0.3 is 0 Å². The number of hydrogen-bond donors (Lipinski definition) is 1. The van der Waals surface area contributed by atoms with Crippen LogP contribution in [0, 0.1) is 0 Å². The van der Waals surface area contributed by atoms with Gasteiger partial charge in [-0.1, -0.05) is 12.1 Å². The maximum Gasteiger partial charge on any atom is 0.224 e. The molecule has 8 heteroatoms. The molecule has 3 rings (SSSR count). The number of nitrogens with one attached hydrogen (secondary N) is 1. The van der Waals surface area contributed by atoms with Crippen molar-refractivity contribution in [3.8, 4) is 5.69 Å². The number of nitrogens with zero attached hydrogens (tertiary/aromatic N) is 6. The van der Waals surface area contributed by atoms with Gasteiger partial charge in [0.05, 0.1) is 12.1 Å². The average molecular weight is 343 g/mol. The molecule has 2 heterocycles. The smallest absolute Gasteiger partial charge is 0.224 e. The molecule has 0 unspecified atom stereocenters. The summed E-state index contributed by atoms with van der Waals surface area (Å²) in [5.74, 6) is 0.0520. The van der Waals surface area contributed by atoms with Gasteiger partial charge in [-0.15, -0.1) is 5.10 Å². The van der Waals surface area contributed by atoms with Crippen LogP contribution in [0.2, 0.25) is 0 Å². The zero-order valence-electron chi connectivity index (χ0n) is 14.8. The van der Waals surface area contributed by atoms with Gasteiger partial charge in [-0.05, 0) is 42.1 Å². The summed E-state index contributed by atoms with van der Waals surface area (Å²) in [7, 11) is 2.15. The van der Waals surface area contributed by atoms with E-state index in [1.165, 1.54) is 0 Å². The fourth-order valence-electron chi connectivity index (χ4n) is 2.95. The fraction of sp³-hybridized carbons (Fsp3) is 0.529. The van der Waals surface area contributed by atoms with Gasteiger partial charge in [0.25, 0.3) is 0 Å². The second-order valence-corrected chi connectivity index (χ2v) is 6.59. The molecule has 1 aromatic heterocycles. The summed E-state index contributed by atoms with van der Waals surface area (Å²) in [5, 5.41) is 14.1. The predicted molar refractivity (Wildman–Crippen MR) is 94.4 cm³/mol. The monoisotopic (exact) mass is 343 g/mol. The molecule has 0 aliphatic carbocycles. The van der Waals surface area contributed by atoms with E-state index in [2.05, 4.69) is 44.6 Å². The number of aromatic nitrogens is 4. The Bertz CT molecular complexity index is 663. The van der Waals surface area contributed by atoms with E-state index in [0.717, 1.165) is 37.4 Å². The first-order valence-electron chi connectivity index (χ1n) is 8.63. The predicted octanol–water partition coefficient (Wildman–Crippen LogP) is -0.0431. The highest BCUT2D eigenvalue weighted by Gasteiger charge is 2.19. The van der Waals surface area contributed by atoms with E-state index in [4.69, 9.17) is 0 Å². The molecule has 1 aliphatic heterocycles. The number of carbonyl (C=O) groups is 1. The van der Waals surface area contributed by atoms with Crippen molar-refractivity contribution in [3.63, 3.8) is 0 Å². The molecule has 1 N–H and O–H groups in total. The number of piperazine rings is 1. The van der Waals surface area contributed by atoms with Crippen LogP contribution in [0.3, 0.4) is 0 Å². The summed E-state index contributed by atoms with van der Waals surface area (Å²) in [6.45, 7) is 7.16. The standard InChI is InChI=1S/C17H25N7O/c1-14(23-9-7-22(2)8-10-23)12-18-17(25)11-15-3-5-16(6-4-15)24-13-19-20-21-24/h3-6,13-14H,7-12H2,1-2H3,(H,18,25)/t14-/m0/s1. The van der Waals surface area contributed by atoms with E-state index in [1.54, 1.807) is 11.0 Å². The van der Waals surface area contributed by atoms with Gasteiger partial charge in [-0.2, -0.15) is 0 Å². The molecule has 0 radical (unpaired) electrons. The van der Waals surface area contributed by atoms with E-state index in [1.807, 2.05) is 24.3 Å². The Balaban J connectivity index is 1.44. The highest BCUT2D eigenvalue weighted by Crippen LogP contribution is 2.08. The molecule has 8 nitrogen and oxygen atoms in total. The van der Waals surface area contributed by atoms with Crippen molar-refractivity contribution in [2.75, 3.05) is 39.8 Å². The molecule has 1 amide bonds. The Morgan fingerprint density at radius 2 is 1.92 bits per heavy atom. The summed E-state index contributed by atoms with van der Waals surface area (Å²) in [5.41, 5.74) is 1.85. The normalized spacial score (nSPS) is 17.4. The van der Waals surface area contributed by atoms with Crippen LogP contribution in [0.15, 0.2) is 30.6 Å². The largest absolute Gasteiger partial charge is 0.354 e. The summed E-state index contributed by atoms with van der Waals surface area (Å²) < 4.78 is 1.58. The Kier molecular flexibility index (Phi) is 5.72. The van der Waals surface area contributed by atoms with Crippen molar-refractivity contribution in [1.82, 2.24) is 35.3 Å². The van der Waals surface area contributed by atoms with Crippen LogP contribution < -0.4 is 5.32 Å². The molecule has 1 fully saturated rings. The van der Waals surface area contributed by atoms with E-state index < -0.39 is 0 Å². The van der Waals surface area contributed by atoms with Gasteiger partial charge < -0.3 is 10.2 Å². The second kappa shape index (κ2) is 8.17. The minimum atomic E-state index is 0.0520. The third kappa shape index (κ3) is 4.83. The Morgan fingerprint density at radius 1 is 1.20 bits per heavy atom. The quantitative estimate of drug-likeness (QED) is 0.793. The molecule has 1 atom stereocenters. The number of benzene rings is 1. The van der Waals surface area contributed by atoms with Crippen LogP contribution in [-0.4, -0.2) is 81.7 Å². The maximum atomic E-state index is 12.2. The molecular weight excluding hydrogens is 318 g/mol. The van der Waals surface area contributed by atoms with E-state index in [-0.39, 0.29) is 5.91 Å². The van der Waals surface area contributed by atoms with Crippen LogP contribution >= 0.6 is 0 Å². The van der Waals surface area contributed by atoms with Crippen molar-refractivity contribution in [2.24, 2.45) is 0 Å². The van der Waals surface area contributed by atoms with E-state index in [0.29, 0.717) is 19.0 Å². The number of likely N-dealkylation sites (N-methyl/N-ethyl adjacent to an activating group) is 1. The molecule has 1 aromatic carbocycles. The molecule has 25 heavy (non-hydrogen) atoms. The van der Waals surface area contributed by atoms with Gasteiger partial charge in [-0.3, -0.25) is 9.69 Å². The summed E-state index contributed by atoms with van der Waals surface area (Å²) in [6, 6.07) is 8.04. The second-order valence-electron chi connectivity index (χ2n) is 6.59. The molecule has 0 bridgehead atoms. The lowest BCUT2D eigenvalue weighted by molar-refractivity contribution is -0.120. The Labute approximate surface area is 147 Å². The zero-order chi connectivity index (χ0) is 17.6. The lowest BCUT2D eigenvalue weighted by atomic mass is 10.1. The first-order chi connectivity index (χ1) is 12.1. The number of tetrazole rings is 1. The van der Waals surface area contributed by atoms with Gasteiger partial charge in [0, 0.05) is 38.8 Å². The van der Waals surface area contributed by atoms with Crippen LogP contribution in [0.25, 0.3) is 5.69 Å². The minimum absolute atomic E-state index is 0.0520.